The quantitative estimate of drug-likeness (QED) is 0.653. The molecular weight excluding hydrogens is 268 g/mol. The van der Waals surface area contributed by atoms with Crippen molar-refractivity contribution in [3.63, 3.8) is 0 Å². The molecule has 0 bridgehead atoms. The number of benzene rings is 2. The molecule has 0 atom stereocenters. The fourth-order valence-electron chi connectivity index (χ4n) is 1.88. The molecule has 0 aliphatic carbocycles. The first kappa shape index (κ1) is 14.5. The van der Waals surface area contributed by atoms with Gasteiger partial charge in [-0.3, -0.25) is 9.59 Å². The summed E-state index contributed by atoms with van der Waals surface area (Å²) in [6, 6.07) is 13.6. The van der Waals surface area contributed by atoms with E-state index >= 15 is 0 Å². The predicted octanol–water partition coefficient (Wildman–Crippen LogP) is 2.92. The number of carboxylic acids is 1. The zero-order chi connectivity index (χ0) is 15.2. The van der Waals surface area contributed by atoms with E-state index in [1.807, 2.05) is 30.3 Å². The second-order valence-corrected chi connectivity index (χ2v) is 4.52. The molecule has 0 radical (unpaired) electrons. The van der Waals surface area contributed by atoms with Crippen molar-refractivity contribution in [2.24, 2.45) is 0 Å². The van der Waals surface area contributed by atoms with Gasteiger partial charge in [0.1, 0.15) is 5.75 Å². The molecule has 4 heteroatoms. The van der Waals surface area contributed by atoms with Gasteiger partial charge in [0, 0.05) is 11.1 Å². The van der Waals surface area contributed by atoms with Crippen LogP contribution in [0.1, 0.15) is 21.5 Å². The molecule has 0 amide bonds. The van der Waals surface area contributed by atoms with Crippen LogP contribution in [0.2, 0.25) is 0 Å². The average molecular weight is 282 g/mol. The lowest BCUT2D eigenvalue weighted by molar-refractivity contribution is -0.136. The van der Waals surface area contributed by atoms with E-state index in [1.165, 1.54) is 24.3 Å². The van der Waals surface area contributed by atoms with Crippen LogP contribution in [0.4, 0.5) is 0 Å². The van der Waals surface area contributed by atoms with Gasteiger partial charge in [-0.2, -0.15) is 0 Å². The van der Waals surface area contributed by atoms with E-state index in [4.69, 9.17) is 5.11 Å². The molecule has 2 rings (SSSR count). The number of carbonyl (C=O) groups excluding carboxylic acids is 1. The van der Waals surface area contributed by atoms with Crippen molar-refractivity contribution in [1.82, 2.24) is 0 Å². The number of carbonyl (C=O) groups is 2. The lowest BCUT2D eigenvalue weighted by atomic mass is 10.0. The molecule has 0 fully saturated rings. The van der Waals surface area contributed by atoms with Crippen LogP contribution in [-0.2, 0) is 11.2 Å². The standard InChI is InChI=1S/C17H14O4/c18-15(8-6-12-4-2-1-3-5-12)13-7-9-16(19)14(10-13)11-17(20)21/h1-10,19H,11H2,(H,20,21)/b8-6+. The highest BCUT2D eigenvalue weighted by atomic mass is 16.4. The van der Waals surface area contributed by atoms with Gasteiger partial charge in [0.2, 0.25) is 0 Å². The second-order valence-electron chi connectivity index (χ2n) is 4.52. The summed E-state index contributed by atoms with van der Waals surface area (Å²) in [6.45, 7) is 0. The lowest BCUT2D eigenvalue weighted by Gasteiger charge is -2.04. The number of rotatable bonds is 5. The van der Waals surface area contributed by atoms with E-state index in [0.29, 0.717) is 5.56 Å². The maximum Gasteiger partial charge on any atom is 0.307 e. The molecule has 0 spiro atoms. The number of carboxylic acid groups (broad SMARTS) is 1. The van der Waals surface area contributed by atoms with Gasteiger partial charge in [-0.25, -0.2) is 0 Å². The molecule has 0 aliphatic rings. The Morgan fingerprint density at radius 2 is 1.76 bits per heavy atom. The Kier molecular flexibility index (Phi) is 4.51. The Labute approximate surface area is 122 Å². The van der Waals surface area contributed by atoms with E-state index in [1.54, 1.807) is 6.08 Å². The highest BCUT2D eigenvalue weighted by Gasteiger charge is 2.10. The van der Waals surface area contributed by atoms with Gasteiger partial charge in [-0.1, -0.05) is 36.4 Å². The highest BCUT2D eigenvalue weighted by Crippen LogP contribution is 2.20. The molecule has 0 aromatic heterocycles. The number of phenols is 1. The molecule has 2 N–H and O–H groups in total. The summed E-state index contributed by atoms with van der Waals surface area (Å²) in [5, 5.41) is 18.3. The molecular formula is C17H14O4. The van der Waals surface area contributed by atoms with Gasteiger partial charge in [-0.15, -0.1) is 0 Å². The van der Waals surface area contributed by atoms with Crippen LogP contribution < -0.4 is 0 Å². The summed E-state index contributed by atoms with van der Waals surface area (Å²) in [5.41, 5.74) is 1.47. The fourth-order valence-corrected chi connectivity index (χ4v) is 1.88. The minimum atomic E-state index is -1.06. The van der Waals surface area contributed by atoms with E-state index in [0.717, 1.165) is 5.56 Å². The third-order valence-electron chi connectivity index (χ3n) is 2.93. The van der Waals surface area contributed by atoms with E-state index in [2.05, 4.69) is 0 Å². The number of hydrogen-bond acceptors (Lipinski definition) is 3. The van der Waals surface area contributed by atoms with Gasteiger partial charge >= 0.3 is 5.97 Å². The minimum Gasteiger partial charge on any atom is -0.508 e. The van der Waals surface area contributed by atoms with Crippen molar-refractivity contribution in [1.29, 1.82) is 0 Å². The summed E-state index contributed by atoms with van der Waals surface area (Å²) in [6.07, 6.45) is 2.79. The summed E-state index contributed by atoms with van der Waals surface area (Å²) in [4.78, 5) is 22.8. The molecule has 0 unspecified atom stereocenters. The van der Waals surface area contributed by atoms with Crippen molar-refractivity contribution < 1.29 is 19.8 Å². The first-order valence-corrected chi connectivity index (χ1v) is 6.37. The average Bonchev–Trinajstić information content (AvgIpc) is 2.47. The van der Waals surface area contributed by atoms with Gasteiger partial charge in [-0.05, 0) is 29.8 Å². The Hall–Kier alpha value is -2.88. The molecule has 0 saturated heterocycles. The third-order valence-corrected chi connectivity index (χ3v) is 2.93. The number of ketones is 1. The Morgan fingerprint density at radius 3 is 2.43 bits per heavy atom. The first-order chi connectivity index (χ1) is 10.1. The molecule has 0 heterocycles. The summed E-state index contributed by atoms with van der Waals surface area (Å²) in [5.74, 6) is -1.43. The summed E-state index contributed by atoms with van der Waals surface area (Å²) < 4.78 is 0. The van der Waals surface area contributed by atoms with Crippen molar-refractivity contribution in [3.8, 4) is 5.75 Å². The van der Waals surface area contributed by atoms with Crippen molar-refractivity contribution >= 4 is 17.8 Å². The van der Waals surface area contributed by atoms with E-state index in [9.17, 15) is 14.7 Å². The van der Waals surface area contributed by atoms with Gasteiger partial charge in [0.25, 0.3) is 0 Å². The zero-order valence-electron chi connectivity index (χ0n) is 11.2. The highest BCUT2D eigenvalue weighted by molar-refractivity contribution is 6.07. The Bertz CT molecular complexity index is 687. The number of aromatic hydroxyl groups is 1. The maximum absolute atomic E-state index is 12.1. The van der Waals surface area contributed by atoms with Crippen LogP contribution >= 0.6 is 0 Å². The smallest absolute Gasteiger partial charge is 0.307 e. The number of aliphatic carboxylic acids is 1. The Morgan fingerprint density at radius 1 is 1.05 bits per heavy atom. The number of hydrogen-bond donors (Lipinski definition) is 2. The second kappa shape index (κ2) is 6.52. The lowest BCUT2D eigenvalue weighted by Crippen LogP contribution is -2.02. The van der Waals surface area contributed by atoms with Gasteiger partial charge in [0.05, 0.1) is 6.42 Å². The van der Waals surface area contributed by atoms with Crippen LogP contribution in [0, 0.1) is 0 Å². The topological polar surface area (TPSA) is 74.6 Å². The van der Waals surface area contributed by atoms with Crippen LogP contribution in [0.15, 0.2) is 54.6 Å². The van der Waals surface area contributed by atoms with Gasteiger partial charge in [0.15, 0.2) is 5.78 Å². The molecule has 4 nitrogen and oxygen atoms in total. The largest absolute Gasteiger partial charge is 0.508 e. The normalized spacial score (nSPS) is 10.7. The SMILES string of the molecule is O=C(O)Cc1cc(C(=O)/C=C/c2ccccc2)ccc1O. The predicted molar refractivity (Wildman–Crippen MR) is 79.3 cm³/mol. The molecule has 0 aliphatic heterocycles. The minimum absolute atomic E-state index is 0.124. The molecule has 0 saturated carbocycles. The molecule has 106 valence electrons. The van der Waals surface area contributed by atoms with E-state index < -0.39 is 5.97 Å². The van der Waals surface area contributed by atoms with Crippen molar-refractivity contribution in [3.05, 3.63) is 71.3 Å². The summed E-state index contributed by atoms with van der Waals surface area (Å²) >= 11 is 0. The maximum atomic E-state index is 12.1. The first-order valence-electron chi connectivity index (χ1n) is 6.37. The van der Waals surface area contributed by atoms with Crippen molar-refractivity contribution in [2.75, 3.05) is 0 Å². The van der Waals surface area contributed by atoms with Crippen LogP contribution in [0.5, 0.6) is 5.75 Å². The van der Waals surface area contributed by atoms with Crippen LogP contribution in [-0.4, -0.2) is 22.0 Å². The zero-order valence-corrected chi connectivity index (χ0v) is 11.2. The third kappa shape index (κ3) is 4.04. The molecule has 2 aromatic rings. The van der Waals surface area contributed by atoms with Crippen LogP contribution in [0.25, 0.3) is 6.08 Å². The Balaban J connectivity index is 2.19. The number of phenolic OH excluding ortho intramolecular Hbond substituents is 1. The van der Waals surface area contributed by atoms with E-state index in [-0.39, 0.29) is 23.5 Å². The van der Waals surface area contributed by atoms with Crippen molar-refractivity contribution in [2.45, 2.75) is 6.42 Å². The van der Waals surface area contributed by atoms with Crippen LogP contribution in [0.3, 0.4) is 0 Å². The monoisotopic (exact) mass is 282 g/mol. The summed E-state index contributed by atoms with van der Waals surface area (Å²) in [7, 11) is 0. The van der Waals surface area contributed by atoms with Gasteiger partial charge < -0.3 is 10.2 Å². The molecule has 21 heavy (non-hydrogen) atoms. The fraction of sp³-hybridized carbons (Fsp3) is 0.0588. The number of allylic oxidation sites excluding steroid dienone is 1. The molecule has 2 aromatic carbocycles.